The molecule has 174 valence electrons. The van der Waals surface area contributed by atoms with Gasteiger partial charge in [-0.1, -0.05) is 23.8 Å². The highest BCUT2D eigenvalue weighted by Gasteiger charge is 2.18. The normalized spacial score (nSPS) is 11.0. The maximum Gasteiger partial charge on any atom is 0.338 e. The number of fused-ring (bicyclic) bond motifs is 1. The van der Waals surface area contributed by atoms with Crippen molar-refractivity contribution < 1.29 is 23.4 Å². The molecule has 6 heteroatoms. The van der Waals surface area contributed by atoms with Gasteiger partial charge in [0.05, 0.1) is 24.2 Å². The van der Waals surface area contributed by atoms with Crippen LogP contribution >= 0.6 is 0 Å². The molecule has 0 saturated carbocycles. The molecule has 4 aromatic rings. The molecule has 0 unspecified atom stereocenters. The highest BCUT2D eigenvalue weighted by atomic mass is 16.5. The van der Waals surface area contributed by atoms with Crippen molar-refractivity contribution in [2.75, 3.05) is 7.11 Å². The van der Waals surface area contributed by atoms with Crippen LogP contribution in [0.3, 0.4) is 0 Å². The van der Waals surface area contributed by atoms with Crippen molar-refractivity contribution in [1.29, 1.82) is 0 Å². The van der Waals surface area contributed by atoms with Gasteiger partial charge in [0.25, 0.3) is 0 Å². The van der Waals surface area contributed by atoms with Gasteiger partial charge in [0, 0.05) is 5.56 Å². The molecule has 0 aliphatic carbocycles. The van der Waals surface area contributed by atoms with E-state index in [0.29, 0.717) is 33.6 Å². The number of carbonyl (C=O) groups excluding carboxylic acids is 1. The number of ether oxygens (including phenoxy) is 3. The number of methoxy groups -OCH3 is 1. The van der Waals surface area contributed by atoms with Crippen LogP contribution in [0.25, 0.3) is 22.3 Å². The minimum absolute atomic E-state index is 0.130. The Morgan fingerprint density at radius 1 is 0.971 bits per heavy atom. The molecule has 0 aliphatic heterocycles. The van der Waals surface area contributed by atoms with Gasteiger partial charge in [-0.2, -0.15) is 0 Å². The van der Waals surface area contributed by atoms with Crippen LogP contribution in [-0.4, -0.2) is 19.2 Å². The first-order valence-electron chi connectivity index (χ1n) is 11.0. The molecule has 0 aliphatic rings. The van der Waals surface area contributed by atoms with Crippen LogP contribution in [0.5, 0.6) is 11.5 Å². The summed E-state index contributed by atoms with van der Waals surface area (Å²) in [7, 11) is 1.59. The van der Waals surface area contributed by atoms with Gasteiger partial charge in [0.1, 0.15) is 17.9 Å². The molecule has 3 aromatic carbocycles. The number of esters is 1. The highest BCUT2D eigenvalue weighted by Crippen LogP contribution is 2.32. The third-order valence-electron chi connectivity index (χ3n) is 5.27. The Morgan fingerprint density at radius 3 is 2.32 bits per heavy atom. The second-order valence-corrected chi connectivity index (χ2v) is 8.26. The van der Waals surface area contributed by atoms with Crippen LogP contribution in [0, 0.1) is 6.92 Å². The largest absolute Gasteiger partial charge is 0.497 e. The quantitative estimate of drug-likeness (QED) is 0.320. The van der Waals surface area contributed by atoms with Gasteiger partial charge < -0.3 is 18.6 Å². The fraction of sp³-hybridized carbons (Fsp3) is 0.214. The lowest BCUT2D eigenvalue weighted by Crippen LogP contribution is -2.12. The summed E-state index contributed by atoms with van der Waals surface area (Å²) >= 11 is 0. The molecule has 0 N–H and O–H groups in total. The fourth-order valence-electron chi connectivity index (χ4n) is 3.53. The minimum atomic E-state index is -0.380. The lowest BCUT2D eigenvalue weighted by atomic mass is 10.1. The van der Waals surface area contributed by atoms with Crippen molar-refractivity contribution >= 4 is 16.9 Å². The number of hydrogen-bond donors (Lipinski definition) is 0. The predicted octanol–water partition coefficient (Wildman–Crippen LogP) is 5.92. The van der Waals surface area contributed by atoms with E-state index in [4.69, 9.17) is 18.6 Å². The van der Waals surface area contributed by atoms with Gasteiger partial charge in [0.15, 0.2) is 5.76 Å². The zero-order valence-electron chi connectivity index (χ0n) is 19.6. The van der Waals surface area contributed by atoms with Gasteiger partial charge in [0.2, 0.25) is 11.2 Å². The molecule has 0 fully saturated rings. The lowest BCUT2D eigenvalue weighted by Gasteiger charge is -2.13. The summed E-state index contributed by atoms with van der Waals surface area (Å²) in [6, 6.07) is 19.6. The van der Waals surface area contributed by atoms with Crippen LogP contribution < -0.4 is 14.9 Å². The van der Waals surface area contributed by atoms with Crippen LogP contribution in [0.1, 0.15) is 35.3 Å². The van der Waals surface area contributed by atoms with E-state index in [0.717, 1.165) is 11.1 Å². The highest BCUT2D eigenvalue weighted by molar-refractivity contribution is 5.89. The average Bonchev–Trinajstić information content (AvgIpc) is 2.83. The van der Waals surface area contributed by atoms with Crippen molar-refractivity contribution in [2.24, 2.45) is 0 Å². The number of carbonyl (C=O) groups is 1. The summed E-state index contributed by atoms with van der Waals surface area (Å²) < 4.78 is 22.6. The molecule has 0 amide bonds. The summed E-state index contributed by atoms with van der Waals surface area (Å²) in [6.07, 6.45) is -0.192. The van der Waals surface area contributed by atoms with Crippen LogP contribution in [0.2, 0.25) is 0 Å². The number of aryl methyl sites for hydroxylation is 1. The summed E-state index contributed by atoms with van der Waals surface area (Å²) in [5, 5.41) is 0.457. The molecule has 0 atom stereocenters. The van der Waals surface area contributed by atoms with Crippen LogP contribution in [-0.2, 0) is 11.3 Å². The van der Waals surface area contributed by atoms with Crippen LogP contribution in [0.15, 0.2) is 75.9 Å². The second-order valence-electron chi connectivity index (χ2n) is 8.26. The molecular weight excluding hydrogens is 432 g/mol. The Balaban J connectivity index is 1.68. The Morgan fingerprint density at radius 2 is 1.68 bits per heavy atom. The summed E-state index contributed by atoms with van der Waals surface area (Å²) in [5.41, 5.74) is 3.14. The molecular formula is C28H26O6. The topological polar surface area (TPSA) is 75.0 Å². The zero-order chi connectivity index (χ0) is 24.2. The Kier molecular flexibility index (Phi) is 6.68. The molecule has 34 heavy (non-hydrogen) atoms. The fourth-order valence-corrected chi connectivity index (χ4v) is 3.53. The maximum absolute atomic E-state index is 13.4. The summed E-state index contributed by atoms with van der Waals surface area (Å²) in [6.45, 7) is 5.65. The third kappa shape index (κ3) is 4.96. The second kappa shape index (κ2) is 9.83. The monoisotopic (exact) mass is 458 g/mol. The van der Waals surface area contributed by atoms with Gasteiger partial charge in [-0.15, -0.1) is 0 Å². The third-order valence-corrected chi connectivity index (χ3v) is 5.27. The molecule has 1 aromatic heterocycles. The average molecular weight is 459 g/mol. The van der Waals surface area contributed by atoms with E-state index in [-0.39, 0.29) is 29.9 Å². The first-order valence-corrected chi connectivity index (χ1v) is 11.0. The van der Waals surface area contributed by atoms with Gasteiger partial charge in [-0.3, -0.25) is 4.79 Å². The number of rotatable bonds is 7. The van der Waals surface area contributed by atoms with E-state index >= 15 is 0 Å². The number of benzene rings is 3. The predicted molar refractivity (Wildman–Crippen MR) is 131 cm³/mol. The Hall–Kier alpha value is -4.06. The standard InChI is InChI=1S/C28H26O6/c1-17(2)33-28(30)21-8-6-19(7-9-21)16-32-27-25(29)23-15-18(3)5-14-24(23)34-26(27)20-10-12-22(31-4)13-11-20/h5-15,17H,16H2,1-4H3. The smallest absolute Gasteiger partial charge is 0.338 e. The van der Waals surface area contributed by atoms with Gasteiger partial charge in [-0.25, -0.2) is 4.79 Å². The zero-order valence-corrected chi connectivity index (χ0v) is 19.6. The van der Waals surface area contributed by atoms with E-state index in [1.807, 2.05) is 25.1 Å². The lowest BCUT2D eigenvalue weighted by molar-refractivity contribution is 0.0378. The van der Waals surface area contributed by atoms with Crippen molar-refractivity contribution in [1.82, 2.24) is 0 Å². The van der Waals surface area contributed by atoms with Gasteiger partial charge in [-0.05, 0) is 74.9 Å². The van der Waals surface area contributed by atoms with Crippen LogP contribution in [0.4, 0.5) is 0 Å². The SMILES string of the molecule is COc1ccc(-c2oc3ccc(C)cc3c(=O)c2OCc2ccc(C(=O)OC(C)C)cc2)cc1. The van der Waals surface area contributed by atoms with Crippen molar-refractivity contribution in [3.05, 3.63) is 93.6 Å². The Labute approximate surface area is 197 Å². The summed E-state index contributed by atoms with van der Waals surface area (Å²) in [5.74, 6) is 0.795. The maximum atomic E-state index is 13.4. The first kappa shape index (κ1) is 23.1. The molecule has 0 saturated heterocycles. The van der Waals surface area contributed by atoms with Crippen molar-refractivity contribution in [2.45, 2.75) is 33.5 Å². The molecule has 0 bridgehead atoms. The molecule has 1 heterocycles. The van der Waals surface area contributed by atoms with E-state index in [1.165, 1.54) is 0 Å². The van der Waals surface area contributed by atoms with Gasteiger partial charge >= 0.3 is 5.97 Å². The van der Waals surface area contributed by atoms with E-state index in [2.05, 4.69) is 0 Å². The van der Waals surface area contributed by atoms with E-state index in [9.17, 15) is 9.59 Å². The molecule has 0 radical (unpaired) electrons. The molecule has 6 nitrogen and oxygen atoms in total. The molecule has 4 rings (SSSR count). The Bertz CT molecular complexity index is 1370. The molecule has 0 spiro atoms. The minimum Gasteiger partial charge on any atom is -0.497 e. The number of hydrogen-bond acceptors (Lipinski definition) is 6. The first-order chi connectivity index (χ1) is 16.4. The van der Waals surface area contributed by atoms with Crippen molar-refractivity contribution in [3.63, 3.8) is 0 Å². The summed E-state index contributed by atoms with van der Waals surface area (Å²) in [4.78, 5) is 25.5. The van der Waals surface area contributed by atoms with E-state index in [1.54, 1.807) is 69.5 Å². The van der Waals surface area contributed by atoms with Crippen molar-refractivity contribution in [3.8, 4) is 22.8 Å². The van der Waals surface area contributed by atoms with E-state index < -0.39 is 0 Å².